The van der Waals surface area contributed by atoms with E-state index in [1.165, 1.54) is 6.42 Å². The molecule has 2 aliphatic rings. The van der Waals surface area contributed by atoms with Gasteiger partial charge in [0.25, 0.3) is 5.56 Å². The molecule has 1 aromatic heterocycles. The van der Waals surface area contributed by atoms with Crippen LogP contribution in [0.5, 0.6) is 0 Å². The molecule has 1 N–H and O–H groups in total. The van der Waals surface area contributed by atoms with Crippen molar-refractivity contribution in [1.82, 2.24) is 19.8 Å². The molecule has 28 heavy (non-hydrogen) atoms. The normalized spacial score (nSPS) is 20.2. The fraction of sp³-hybridized carbons (Fsp3) is 0.571. The van der Waals surface area contributed by atoms with E-state index in [1.807, 2.05) is 23.1 Å². The molecule has 150 valence electrons. The van der Waals surface area contributed by atoms with Crippen molar-refractivity contribution in [2.24, 2.45) is 0 Å². The van der Waals surface area contributed by atoms with E-state index in [0.717, 1.165) is 45.4 Å². The Morgan fingerprint density at radius 1 is 1.21 bits per heavy atom. The summed E-state index contributed by atoms with van der Waals surface area (Å²) in [5.41, 5.74) is 0.542. The van der Waals surface area contributed by atoms with Crippen LogP contribution in [0.25, 0.3) is 10.9 Å². The first-order valence-corrected chi connectivity index (χ1v) is 10.3. The predicted molar refractivity (Wildman–Crippen MR) is 107 cm³/mol. The molecular formula is C21H28N4O3. The van der Waals surface area contributed by atoms with Crippen molar-refractivity contribution in [3.63, 3.8) is 0 Å². The number of aromatic nitrogens is 2. The van der Waals surface area contributed by atoms with Crippen molar-refractivity contribution in [2.45, 2.75) is 44.8 Å². The number of piperidine rings is 1. The number of amides is 1. The number of aromatic amines is 1. The molecular weight excluding hydrogens is 356 g/mol. The minimum atomic E-state index is -0.139. The van der Waals surface area contributed by atoms with E-state index in [0.29, 0.717) is 36.4 Å². The second-order valence-electron chi connectivity index (χ2n) is 7.78. The van der Waals surface area contributed by atoms with Crippen molar-refractivity contribution in [2.75, 3.05) is 32.8 Å². The molecule has 1 atom stereocenters. The molecule has 2 fully saturated rings. The fourth-order valence-corrected chi connectivity index (χ4v) is 4.12. The lowest BCUT2D eigenvalue weighted by Crippen LogP contribution is -2.44. The molecule has 0 saturated carbocycles. The summed E-state index contributed by atoms with van der Waals surface area (Å²) < 4.78 is 5.78. The second kappa shape index (κ2) is 8.84. The Morgan fingerprint density at radius 3 is 2.82 bits per heavy atom. The van der Waals surface area contributed by atoms with Gasteiger partial charge in [-0.05, 0) is 44.2 Å². The van der Waals surface area contributed by atoms with Crippen LogP contribution >= 0.6 is 0 Å². The van der Waals surface area contributed by atoms with Crippen LogP contribution in [0.2, 0.25) is 0 Å². The Hall–Kier alpha value is -2.25. The summed E-state index contributed by atoms with van der Waals surface area (Å²) in [5.74, 6) is 0.744. The van der Waals surface area contributed by atoms with Gasteiger partial charge in [0.15, 0.2) is 0 Å². The molecule has 0 bridgehead atoms. The maximum atomic E-state index is 12.8. The van der Waals surface area contributed by atoms with Crippen LogP contribution in [0.3, 0.4) is 0 Å². The smallest absolute Gasteiger partial charge is 0.258 e. The van der Waals surface area contributed by atoms with E-state index in [9.17, 15) is 9.59 Å². The van der Waals surface area contributed by atoms with Crippen LogP contribution in [0.4, 0.5) is 0 Å². The monoisotopic (exact) mass is 384 g/mol. The molecule has 2 saturated heterocycles. The SMILES string of the molecule is O=C(CN(Cc1nc2ccccc2c(=O)[nH]1)CC1CCCO1)N1CCCCC1. The first-order chi connectivity index (χ1) is 13.7. The number of ether oxygens (including phenoxy) is 1. The van der Waals surface area contributed by atoms with Gasteiger partial charge < -0.3 is 14.6 Å². The Balaban J connectivity index is 1.51. The van der Waals surface area contributed by atoms with Crippen molar-refractivity contribution in [3.05, 3.63) is 40.4 Å². The highest BCUT2D eigenvalue weighted by Crippen LogP contribution is 2.16. The number of fused-ring (bicyclic) bond motifs is 1. The first kappa shape index (κ1) is 19.1. The van der Waals surface area contributed by atoms with Crippen LogP contribution in [-0.4, -0.2) is 64.6 Å². The van der Waals surface area contributed by atoms with Gasteiger partial charge in [0, 0.05) is 26.2 Å². The zero-order chi connectivity index (χ0) is 19.3. The highest BCUT2D eigenvalue weighted by molar-refractivity contribution is 5.78. The summed E-state index contributed by atoms with van der Waals surface area (Å²) in [6.45, 7) is 3.91. The van der Waals surface area contributed by atoms with E-state index >= 15 is 0 Å². The Bertz CT molecular complexity index is 869. The van der Waals surface area contributed by atoms with Gasteiger partial charge in [-0.15, -0.1) is 0 Å². The molecule has 2 aliphatic heterocycles. The summed E-state index contributed by atoms with van der Waals surface area (Å²) in [6, 6.07) is 7.33. The van der Waals surface area contributed by atoms with E-state index in [-0.39, 0.29) is 17.6 Å². The van der Waals surface area contributed by atoms with Gasteiger partial charge >= 0.3 is 0 Å². The van der Waals surface area contributed by atoms with E-state index in [1.54, 1.807) is 6.07 Å². The number of benzene rings is 1. The van der Waals surface area contributed by atoms with Gasteiger partial charge in [0.05, 0.1) is 30.1 Å². The molecule has 0 radical (unpaired) electrons. The number of rotatable bonds is 6. The third-order valence-corrected chi connectivity index (χ3v) is 5.59. The van der Waals surface area contributed by atoms with Gasteiger partial charge in [0.2, 0.25) is 5.91 Å². The molecule has 0 aliphatic carbocycles. The molecule has 0 spiro atoms. The van der Waals surface area contributed by atoms with Gasteiger partial charge in [-0.1, -0.05) is 12.1 Å². The second-order valence-corrected chi connectivity index (χ2v) is 7.78. The molecule has 1 amide bonds. The minimum Gasteiger partial charge on any atom is -0.377 e. The minimum absolute atomic E-state index is 0.139. The molecule has 3 heterocycles. The molecule has 1 aromatic carbocycles. The number of H-pyrrole nitrogens is 1. The number of likely N-dealkylation sites (tertiary alicyclic amines) is 1. The predicted octanol–water partition coefficient (Wildman–Crippen LogP) is 1.92. The standard InChI is InChI=1S/C21H28N4O3/c26-20(25-10-4-1-5-11-25)15-24(13-16-7-6-12-28-16)14-19-22-18-9-3-2-8-17(18)21(27)23-19/h2-3,8-9,16H,1,4-7,10-15H2,(H,22,23,27). The maximum Gasteiger partial charge on any atom is 0.258 e. The number of nitrogens with zero attached hydrogens (tertiary/aromatic N) is 3. The summed E-state index contributed by atoms with van der Waals surface area (Å²) >= 11 is 0. The Kier molecular flexibility index (Phi) is 6.02. The highest BCUT2D eigenvalue weighted by atomic mass is 16.5. The Labute approximate surface area is 164 Å². The summed E-state index contributed by atoms with van der Waals surface area (Å²) in [5, 5.41) is 0.585. The van der Waals surface area contributed by atoms with E-state index < -0.39 is 0 Å². The zero-order valence-corrected chi connectivity index (χ0v) is 16.2. The molecule has 7 nitrogen and oxygen atoms in total. The zero-order valence-electron chi connectivity index (χ0n) is 16.2. The number of carbonyl (C=O) groups is 1. The van der Waals surface area contributed by atoms with Crippen molar-refractivity contribution >= 4 is 16.8 Å². The Morgan fingerprint density at radius 2 is 2.04 bits per heavy atom. The molecule has 1 unspecified atom stereocenters. The lowest BCUT2D eigenvalue weighted by Gasteiger charge is -2.30. The third kappa shape index (κ3) is 4.59. The summed E-state index contributed by atoms with van der Waals surface area (Å²) in [4.78, 5) is 36.7. The van der Waals surface area contributed by atoms with Crippen LogP contribution in [0, 0.1) is 0 Å². The highest BCUT2D eigenvalue weighted by Gasteiger charge is 2.24. The fourth-order valence-electron chi connectivity index (χ4n) is 4.12. The van der Waals surface area contributed by atoms with Crippen LogP contribution in [-0.2, 0) is 16.1 Å². The van der Waals surface area contributed by atoms with Gasteiger partial charge in [-0.25, -0.2) is 4.98 Å². The largest absolute Gasteiger partial charge is 0.377 e. The van der Waals surface area contributed by atoms with Crippen LogP contribution in [0.1, 0.15) is 37.9 Å². The summed E-state index contributed by atoms with van der Waals surface area (Å²) in [7, 11) is 0. The van der Waals surface area contributed by atoms with Crippen molar-refractivity contribution < 1.29 is 9.53 Å². The third-order valence-electron chi connectivity index (χ3n) is 5.59. The van der Waals surface area contributed by atoms with Crippen LogP contribution < -0.4 is 5.56 Å². The number of hydrogen-bond acceptors (Lipinski definition) is 5. The summed E-state index contributed by atoms with van der Waals surface area (Å²) in [6.07, 6.45) is 5.57. The lowest BCUT2D eigenvalue weighted by atomic mass is 10.1. The molecule has 2 aromatic rings. The van der Waals surface area contributed by atoms with E-state index in [4.69, 9.17) is 4.74 Å². The van der Waals surface area contributed by atoms with Gasteiger partial charge in [0.1, 0.15) is 5.82 Å². The quantitative estimate of drug-likeness (QED) is 0.823. The van der Waals surface area contributed by atoms with Crippen molar-refractivity contribution in [1.29, 1.82) is 0 Å². The van der Waals surface area contributed by atoms with Crippen molar-refractivity contribution in [3.8, 4) is 0 Å². The van der Waals surface area contributed by atoms with Gasteiger partial charge in [-0.3, -0.25) is 14.5 Å². The lowest BCUT2D eigenvalue weighted by molar-refractivity contribution is -0.133. The number of carbonyl (C=O) groups excluding carboxylic acids is 1. The van der Waals surface area contributed by atoms with Crippen LogP contribution in [0.15, 0.2) is 29.1 Å². The molecule has 4 rings (SSSR count). The van der Waals surface area contributed by atoms with Gasteiger partial charge in [-0.2, -0.15) is 0 Å². The average molecular weight is 384 g/mol. The average Bonchev–Trinajstić information content (AvgIpc) is 3.21. The number of hydrogen-bond donors (Lipinski definition) is 1. The number of para-hydroxylation sites is 1. The maximum absolute atomic E-state index is 12.8. The number of nitrogens with one attached hydrogen (secondary N) is 1. The van der Waals surface area contributed by atoms with E-state index in [2.05, 4.69) is 14.9 Å². The molecule has 7 heteroatoms. The topological polar surface area (TPSA) is 78.5 Å². The first-order valence-electron chi connectivity index (χ1n) is 10.3.